The van der Waals surface area contributed by atoms with Crippen molar-refractivity contribution in [3.8, 4) is 11.1 Å². The molecule has 0 fully saturated rings. The molecule has 1 amide bonds. The van der Waals surface area contributed by atoms with E-state index in [4.69, 9.17) is 4.74 Å². The molecule has 0 unspecified atom stereocenters. The van der Waals surface area contributed by atoms with Gasteiger partial charge in [-0.15, -0.1) is 28.1 Å². The minimum atomic E-state index is -0.457. The molecule has 30 heavy (non-hydrogen) atoms. The fraction of sp³-hybridized carbons (Fsp3) is 0.238. The van der Waals surface area contributed by atoms with Gasteiger partial charge in [0, 0.05) is 17.5 Å². The zero-order valence-corrected chi connectivity index (χ0v) is 18.4. The highest BCUT2D eigenvalue weighted by atomic mass is 32.2. The quantitative estimate of drug-likeness (QED) is 0.300. The van der Waals surface area contributed by atoms with E-state index < -0.39 is 5.97 Å². The number of aromatic nitrogens is 3. The summed E-state index contributed by atoms with van der Waals surface area (Å²) < 4.78 is 7.11. The molecule has 0 bridgehead atoms. The van der Waals surface area contributed by atoms with Crippen LogP contribution >= 0.6 is 23.1 Å². The molecular weight excluding hydrogens is 420 g/mol. The molecule has 1 aromatic carbocycles. The second kappa shape index (κ2) is 10.2. The van der Waals surface area contributed by atoms with Crippen LogP contribution in [-0.2, 0) is 16.1 Å². The number of aryl methyl sites for hydroxylation is 1. The van der Waals surface area contributed by atoms with Gasteiger partial charge in [0.15, 0.2) is 5.16 Å². The van der Waals surface area contributed by atoms with E-state index in [1.54, 1.807) is 13.0 Å². The molecule has 3 aromatic rings. The van der Waals surface area contributed by atoms with Crippen LogP contribution in [0.25, 0.3) is 11.1 Å². The van der Waals surface area contributed by atoms with Crippen LogP contribution in [0.2, 0.25) is 0 Å². The predicted molar refractivity (Wildman–Crippen MR) is 120 cm³/mol. The van der Waals surface area contributed by atoms with Gasteiger partial charge in [0.05, 0.1) is 12.4 Å². The summed E-state index contributed by atoms with van der Waals surface area (Å²) in [5.74, 6) is 0.198. The van der Waals surface area contributed by atoms with Crippen LogP contribution in [0, 0.1) is 6.92 Å². The van der Waals surface area contributed by atoms with Gasteiger partial charge in [0.25, 0.3) is 0 Å². The summed E-state index contributed by atoms with van der Waals surface area (Å²) >= 11 is 2.58. The molecule has 2 heterocycles. The van der Waals surface area contributed by atoms with E-state index in [-0.39, 0.29) is 18.3 Å². The Kier molecular flexibility index (Phi) is 7.42. The van der Waals surface area contributed by atoms with Crippen molar-refractivity contribution < 1.29 is 14.3 Å². The standard InChI is InChI=1S/C21H22N4O3S2/c1-4-11-25-14(3)23-24-21(25)30-13-17(26)22-19-18(20(27)28-5-2)16(12-29-19)15-9-7-6-8-10-15/h4,6-10,12H,1,5,11,13H2,2-3H3,(H,22,26). The van der Waals surface area contributed by atoms with E-state index in [1.165, 1.54) is 23.1 Å². The largest absolute Gasteiger partial charge is 0.462 e. The van der Waals surface area contributed by atoms with Gasteiger partial charge >= 0.3 is 5.97 Å². The van der Waals surface area contributed by atoms with E-state index in [2.05, 4.69) is 22.1 Å². The first-order valence-corrected chi connectivity index (χ1v) is 11.2. The number of hydrogen-bond donors (Lipinski definition) is 1. The number of allylic oxidation sites excluding steroid dienone is 1. The Bertz CT molecular complexity index is 1040. The molecule has 0 aliphatic carbocycles. The lowest BCUT2D eigenvalue weighted by atomic mass is 10.0. The Balaban J connectivity index is 1.77. The third-order valence-electron chi connectivity index (χ3n) is 4.15. The molecule has 7 nitrogen and oxygen atoms in total. The van der Waals surface area contributed by atoms with Gasteiger partial charge in [0.2, 0.25) is 5.91 Å². The number of benzene rings is 1. The molecule has 0 aliphatic heterocycles. The predicted octanol–water partition coefficient (Wildman–Crippen LogP) is 4.41. The zero-order chi connectivity index (χ0) is 21.5. The minimum absolute atomic E-state index is 0.135. The third-order valence-corrected chi connectivity index (χ3v) is 6.02. The summed E-state index contributed by atoms with van der Waals surface area (Å²) in [6.07, 6.45) is 1.75. The summed E-state index contributed by atoms with van der Waals surface area (Å²) in [7, 11) is 0. The number of carbonyl (C=O) groups excluding carboxylic acids is 2. The minimum Gasteiger partial charge on any atom is -0.462 e. The van der Waals surface area contributed by atoms with Crippen molar-refractivity contribution in [3.05, 3.63) is 59.8 Å². The van der Waals surface area contributed by atoms with E-state index >= 15 is 0 Å². The summed E-state index contributed by atoms with van der Waals surface area (Å²) in [6, 6.07) is 9.55. The summed E-state index contributed by atoms with van der Waals surface area (Å²) in [4.78, 5) is 25.2. The van der Waals surface area contributed by atoms with Crippen molar-refractivity contribution in [2.24, 2.45) is 0 Å². The number of hydrogen-bond acceptors (Lipinski definition) is 7. The van der Waals surface area contributed by atoms with Crippen molar-refractivity contribution >= 4 is 40.0 Å². The molecule has 0 saturated carbocycles. The first-order valence-electron chi connectivity index (χ1n) is 9.32. The highest BCUT2D eigenvalue weighted by Crippen LogP contribution is 2.36. The smallest absolute Gasteiger partial charge is 0.341 e. The number of thiophene rings is 1. The van der Waals surface area contributed by atoms with Gasteiger partial charge in [-0.2, -0.15) is 0 Å². The zero-order valence-electron chi connectivity index (χ0n) is 16.8. The average Bonchev–Trinajstić information content (AvgIpc) is 3.31. The maximum atomic E-state index is 12.6. The number of nitrogens with one attached hydrogen (secondary N) is 1. The van der Waals surface area contributed by atoms with Gasteiger partial charge in [-0.05, 0) is 19.4 Å². The molecule has 0 spiro atoms. The van der Waals surface area contributed by atoms with Crippen LogP contribution in [0.15, 0.2) is 53.5 Å². The van der Waals surface area contributed by atoms with Crippen molar-refractivity contribution in [2.45, 2.75) is 25.5 Å². The molecule has 2 aromatic heterocycles. The molecule has 9 heteroatoms. The highest BCUT2D eigenvalue weighted by Gasteiger charge is 2.23. The van der Waals surface area contributed by atoms with Gasteiger partial charge in [-0.3, -0.25) is 4.79 Å². The maximum absolute atomic E-state index is 12.6. The lowest BCUT2D eigenvalue weighted by molar-refractivity contribution is -0.113. The molecule has 0 radical (unpaired) electrons. The van der Waals surface area contributed by atoms with Crippen LogP contribution in [-0.4, -0.2) is 39.0 Å². The Morgan fingerprint density at radius 3 is 2.77 bits per heavy atom. The van der Waals surface area contributed by atoms with Crippen molar-refractivity contribution in [1.29, 1.82) is 0 Å². The topological polar surface area (TPSA) is 86.1 Å². The number of esters is 1. The van der Waals surface area contributed by atoms with E-state index in [1.807, 2.05) is 47.2 Å². The molecule has 0 atom stereocenters. The van der Waals surface area contributed by atoms with Crippen LogP contribution in [0.4, 0.5) is 5.00 Å². The number of carbonyl (C=O) groups is 2. The number of anilines is 1. The monoisotopic (exact) mass is 442 g/mol. The van der Waals surface area contributed by atoms with E-state index in [0.29, 0.717) is 22.3 Å². The fourth-order valence-corrected chi connectivity index (χ4v) is 4.55. The summed E-state index contributed by atoms with van der Waals surface area (Å²) in [5.41, 5.74) is 2.00. The van der Waals surface area contributed by atoms with Gasteiger partial charge in [0.1, 0.15) is 16.4 Å². The molecular formula is C21H22N4O3S2. The van der Waals surface area contributed by atoms with Crippen molar-refractivity contribution in [3.63, 3.8) is 0 Å². The molecule has 156 valence electrons. The fourth-order valence-electron chi connectivity index (χ4n) is 2.79. The Morgan fingerprint density at radius 1 is 1.30 bits per heavy atom. The molecule has 0 saturated heterocycles. The van der Waals surface area contributed by atoms with Gasteiger partial charge in [-0.1, -0.05) is 48.2 Å². The third kappa shape index (κ3) is 4.98. The molecule has 0 aliphatic rings. The number of nitrogens with zero attached hydrogens (tertiary/aromatic N) is 3. The summed E-state index contributed by atoms with van der Waals surface area (Å²) in [5, 5.41) is 14.0. The van der Waals surface area contributed by atoms with Crippen molar-refractivity contribution in [1.82, 2.24) is 14.8 Å². The van der Waals surface area contributed by atoms with E-state index in [0.717, 1.165) is 17.0 Å². The van der Waals surface area contributed by atoms with Crippen molar-refractivity contribution in [2.75, 3.05) is 17.7 Å². The van der Waals surface area contributed by atoms with E-state index in [9.17, 15) is 9.59 Å². The normalized spacial score (nSPS) is 10.6. The van der Waals surface area contributed by atoms with Crippen LogP contribution in [0.5, 0.6) is 0 Å². The number of thioether (sulfide) groups is 1. The first-order chi connectivity index (χ1) is 14.5. The Hall–Kier alpha value is -2.91. The van der Waals surface area contributed by atoms with Crippen LogP contribution < -0.4 is 5.32 Å². The highest BCUT2D eigenvalue weighted by molar-refractivity contribution is 7.99. The number of amides is 1. The summed E-state index contributed by atoms with van der Waals surface area (Å²) in [6.45, 7) is 8.16. The van der Waals surface area contributed by atoms with Crippen LogP contribution in [0.1, 0.15) is 23.1 Å². The van der Waals surface area contributed by atoms with Crippen LogP contribution in [0.3, 0.4) is 0 Å². The van der Waals surface area contributed by atoms with Gasteiger partial charge < -0.3 is 14.6 Å². The second-order valence-corrected chi connectivity index (χ2v) is 8.03. The Labute approximate surface area is 183 Å². The maximum Gasteiger partial charge on any atom is 0.341 e. The SMILES string of the molecule is C=CCn1c(C)nnc1SCC(=O)Nc1scc(-c2ccccc2)c1C(=O)OCC. The first kappa shape index (κ1) is 21.8. The average molecular weight is 443 g/mol. The lowest BCUT2D eigenvalue weighted by Gasteiger charge is -2.09. The molecule has 3 rings (SSSR count). The van der Waals surface area contributed by atoms with Gasteiger partial charge in [-0.25, -0.2) is 4.79 Å². The second-order valence-electron chi connectivity index (χ2n) is 6.21. The lowest BCUT2D eigenvalue weighted by Crippen LogP contribution is -2.17. The number of rotatable bonds is 9. The Morgan fingerprint density at radius 2 is 2.07 bits per heavy atom. The number of ether oxygens (including phenoxy) is 1. The molecule has 1 N–H and O–H groups in total.